The number of hydrogen-bond donors (Lipinski definition) is 1. The molecule has 0 saturated heterocycles. The third-order valence-corrected chi connectivity index (χ3v) is 4.32. The van der Waals surface area contributed by atoms with Crippen LogP contribution in [0.3, 0.4) is 0 Å². The summed E-state index contributed by atoms with van der Waals surface area (Å²) in [6.45, 7) is 6.12. The Kier molecular flexibility index (Phi) is 5.29. The SMILES string of the molecule is CC(C)c1ccc(-c2ncc(CN(C)CCO)s2)cc1. The number of benzene rings is 1. The van der Waals surface area contributed by atoms with Crippen LogP contribution in [0.15, 0.2) is 30.5 Å². The van der Waals surface area contributed by atoms with Crippen molar-refractivity contribution in [2.75, 3.05) is 20.2 Å². The second-order valence-electron chi connectivity index (χ2n) is 5.37. The fraction of sp³-hybridized carbons (Fsp3) is 0.438. The third-order valence-electron chi connectivity index (χ3n) is 3.29. The van der Waals surface area contributed by atoms with Gasteiger partial charge in [-0.15, -0.1) is 11.3 Å². The lowest BCUT2D eigenvalue weighted by Crippen LogP contribution is -2.20. The molecule has 0 unspecified atom stereocenters. The van der Waals surface area contributed by atoms with Crippen molar-refractivity contribution in [1.29, 1.82) is 0 Å². The van der Waals surface area contributed by atoms with E-state index < -0.39 is 0 Å². The summed E-state index contributed by atoms with van der Waals surface area (Å²) in [6, 6.07) is 8.66. The molecule has 1 heterocycles. The molecule has 0 radical (unpaired) electrons. The van der Waals surface area contributed by atoms with Gasteiger partial charge in [-0.25, -0.2) is 4.98 Å². The summed E-state index contributed by atoms with van der Waals surface area (Å²) in [7, 11) is 2.01. The van der Waals surface area contributed by atoms with Gasteiger partial charge in [-0.3, -0.25) is 4.90 Å². The van der Waals surface area contributed by atoms with Gasteiger partial charge in [0.2, 0.25) is 0 Å². The molecule has 20 heavy (non-hydrogen) atoms. The summed E-state index contributed by atoms with van der Waals surface area (Å²) in [5, 5.41) is 9.98. The minimum atomic E-state index is 0.193. The Balaban J connectivity index is 2.08. The lowest BCUT2D eigenvalue weighted by atomic mass is 10.0. The zero-order chi connectivity index (χ0) is 14.5. The fourth-order valence-electron chi connectivity index (χ4n) is 2.04. The van der Waals surface area contributed by atoms with E-state index in [1.165, 1.54) is 16.0 Å². The molecule has 0 aliphatic rings. The van der Waals surface area contributed by atoms with E-state index in [0.717, 1.165) is 11.6 Å². The van der Waals surface area contributed by atoms with Crippen molar-refractivity contribution >= 4 is 11.3 Å². The van der Waals surface area contributed by atoms with Gasteiger partial charge in [-0.2, -0.15) is 0 Å². The first-order valence-electron chi connectivity index (χ1n) is 6.94. The summed E-state index contributed by atoms with van der Waals surface area (Å²) in [6.07, 6.45) is 1.93. The molecule has 3 nitrogen and oxygen atoms in total. The monoisotopic (exact) mass is 290 g/mol. The predicted octanol–water partition coefficient (Wildman–Crippen LogP) is 3.36. The lowest BCUT2D eigenvalue weighted by Gasteiger charge is -2.12. The van der Waals surface area contributed by atoms with Gasteiger partial charge in [-0.05, 0) is 18.5 Å². The number of rotatable bonds is 6. The summed E-state index contributed by atoms with van der Waals surface area (Å²) < 4.78 is 0. The fourth-order valence-corrected chi connectivity index (χ4v) is 3.04. The molecule has 0 aliphatic carbocycles. The molecule has 1 aromatic carbocycles. The highest BCUT2D eigenvalue weighted by molar-refractivity contribution is 7.15. The first-order valence-corrected chi connectivity index (χ1v) is 7.76. The Morgan fingerprint density at radius 3 is 2.55 bits per heavy atom. The smallest absolute Gasteiger partial charge is 0.123 e. The van der Waals surface area contributed by atoms with Crippen LogP contribution in [-0.4, -0.2) is 35.2 Å². The standard InChI is InChI=1S/C16H22N2OS/c1-12(2)13-4-6-14(7-5-13)16-17-10-15(20-16)11-18(3)8-9-19/h4-7,10,12,19H,8-9,11H2,1-3H3. The van der Waals surface area contributed by atoms with Crippen LogP contribution < -0.4 is 0 Å². The van der Waals surface area contributed by atoms with Gasteiger partial charge in [0.25, 0.3) is 0 Å². The van der Waals surface area contributed by atoms with Crippen LogP contribution in [0.4, 0.5) is 0 Å². The van der Waals surface area contributed by atoms with Crippen LogP contribution in [0.25, 0.3) is 10.6 Å². The zero-order valence-electron chi connectivity index (χ0n) is 12.3. The topological polar surface area (TPSA) is 36.4 Å². The highest BCUT2D eigenvalue weighted by Gasteiger charge is 2.07. The maximum absolute atomic E-state index is 8.91. The Bertz CT molecular complexity index is 534. The van der Waals surface area contributed by atoms with Gasteiger partial charge in [0.05, 0.1) is 6.61 Å². The Labute approximate surface area is 124 Å². The van der Waals surface area contributed by atoms with E-state index in [2.05, 4.69) is 48.0 Å². The predicted molar refractivity (Wildman–Crippen MR) is 85.1 cm³/mol. The highest BCUT2D eigenvalue weighted by Crippen LogP contribution is 2.27. The van der Waals surface area contributed by atoms with E-state index in [9.17, 15) is 0 Å². The van der Waals surface area contributed by atoms with Gasteiger partial charge in [0, 0.05) is 29.7 Å². The van der Waals surface area contributed by atoms with Crippen LogP contribution >= 0.6 is 11.3 Å². The second-order valence-corrected chi connectivity index (χ2v) is 6.49. The molecule has 108 valence electrons. The first kappa shape index (κ1) is 15.2. The summed E-state index contributed by atoms with van der Waals surface area (Å²) in [5.41, 5.74) is 2.53. The normalized spacial score (nSPS) is 11.5. The van der Waals surface area contributed by atoms with Gasteiger partial charge in [0.1, 0.15) is 5.01 Å². The van der Waals surface area contributed by atoms with Crippen LogP contribution in [0.2, 0.25) is 0 Å². The summed E-state index contributed by atoms with van der Waals surface area (Å²) in [4.78, 5) is 7.83. The minimum Gasteiger partial charge on any atom is -0.395 e. The number of likely N-dealkylation sites (N-methyl/N-ethyl adjacent to an activating group) is 1. The maximum Gasteiger partial charge on any atom is 0.123 e. The molecule has 1 aromatic heterocycles. The molecule has 0 atom stereocenters. The highest BCUT2D eigenvalue weighted by atomic mass is 32.1. The van der Waals surface area contributed by atoms with Crippen LogP contribution in [0, 0.1) is 0 Å². The minimum absolute atomic E-state index is 0.193. The molecule has 2 aromatic rings. The lowest BCUT2D eigenvalue weighted by molar-refractivity contribution is 0.218. The quantitative estimate of drug-likeness (QED) is 0.886. The largest absolute Gasteiger partial charge is 0.395 e. The number of aliphatic hydroxyl groups is 1. The Hall–Kier alpha value is -1.23. The Morgan fingerprint density at radius 1 is 1.25 bits per heavy atom. The van der Waals surface area contributed by atoms with Gasteiger partial charge >= 0.3 is 0 Å². The van der Waals surface area contributed by atoms with Crippen LogP contribution in [0.1, 0.15) is 30.2 Å². The van der Waals surface area contributed by atoms with E-state index in [-0.39, 0.29) is 6.61 Å². The molecule has 0 bridgehead atoms. The van der Waals surface area contributed by atoms with Crippen molar-refractivity contribution in [3.8, 4) is 10.6 Å². The molecule has 0 spiro atoms. The van der Waals surface area contributed by atoms with Crippen LogP contribution in [0.5, 0.6) is 0 Å². The molecular formula is C16H22N2OS. The zero-order valence-corrected chi connectivity index (χ0v) is 13.2. The van der Waals surface area contributed by atoms with E-state index >= 15 is 0 Å². The van der Waals surface area contributed by atoms with Crippen molar-refractivity contribution in [2.45, 2.75) is 26.3 Å². The second kappa shape index (κ2) is 6.97. The number of aliphatic hydroxyl groups excluding tert-OH is 1. The molecule has 4 heteroatoms. The molecule has 0 amide bonds. The average Bonchev–Trinajstić information content (AvgIpc) is 2.87. The van der Waals surface area contributed by atoms with Crippen molar-refractivity contribution in [3.63, 3.8) is 0 Å². The molecule has 1 N–H and O–H groups in total. The van der Waals surface area contributed by atoms with Gasteiger partial charge in [-0.1, -0.05) is 38.1 Å². The molecule has 0 aliphatic heterocycles. The van der Waals surface area contributed by atoms with Crippen molar-refractivity contribution in [2.24, 2.45) is 0 Å². The number of aromatic nitrogens is 1. The summed E-state index contributed by atoms with van der Waals surface area (Å²) in [5.74, 6) is 0.558. The molecule has 0 fully saturated rings. The maximum atomic E-state index is 8.91. The summed E-state index contributed by atoms with van der Waals surface area (Å²) >= 11 is 1.72. The van der Waals surface area contributed by atoms with Crippen molar-refractivity contribution in [1.82, 2.24) is 9.88 Å². The number of hydrogen-bond acceptors (Lipinski definition) is 4. The molecular weight excluding hydrogens is 268 g/mol. The van der Waals surface area contributed by atoms with E-state index in [4.69, 9.17) is 5.11 Å². The number of nitrogens with zero attached hydrogens (tertiary/aromatic N) is 2. The van der Waals surface area contributed by atoms with Crippen LogP contribution in [-0.2, 0) is 6.54 Å². The van der Waals surface area contributed by atoms with Crippen molar-refractivity contribution in [3.05, 3.63) is 40.9 Å². The number of thiazole rings is 1. The first-order chi connectivity index (χ1) is 9.60. The van der Waals surface area contributed by atoms with Crippen molar-refractivity contribution < 1.29 is 5.11 Å². The Morgan fingerprint density at radius 2 is 1.95 bits per heavy atom. The molecule has 2 rings (SSSR count). The third kappa shape index (κ3) is 3.88. The van der Waals surface area contributed by atoms with E-state index in [1.54, 1.807) is 11.3 Å². The van der Waals surface area contributed by atoms with Gasteiger partial charge < -0.3 is 5.11 Å². The average molecular weight is 290 g/mol. The van der Waals surface area contributed by atoms with E-state index in [0.29, 0.717) is 12.5 Å². The van der Waals surface area contributed by atoms with Gasteiger partial charge in [0.15, 0.2) is 0 Å². The van der Waals surface area contributed by atoms with E-state index in [1.807, 2.05) is 13.2 Å². The molecule has 0 saturated carbocycles.